The summed E-state index contributed by atoms with van der Waals surface area (Å²) in [6.07, 6.45) is -4.85. The number of benzene rings is 1. The summed E-state index contributed by atoms with van der Waals surface area (Å²) in [6, 6.07) is 3.80. The standard InChI is InChI=1S/C17H18F3N3O4/c1-9(2)23-14(25)11-5-4-10(8-12(11)15(23)26)13(24)21-6-3-7-22-16(27)17(18,19)20/h4-5,8-9H,3,6-7H2,1-2H3,(H,21,24)(H,22,27). The lowest BCUT2D eigenvalue weighted by Gasteiger charge is -2.17. The molecule has 1 aromatic rings. The summed E-state index contributed by atoms with van der Waals surface area (Å²) in [6.45, 7) is 3.18. The van der Waals surface area contributed by atoms with Gasteiger partial charge in [0.25, 0.3) is 17.7 Å². The van der Waals surface area contributed by atoms with Gasteiger partial charge in [-0.25, -0.2) is 0 Å². The van der Waals surface area contributed by atoms with Crippen LogP contribution in [-0.2, 0) is 4.79 Å². The first-order valence-corrected chi connectivity index (χ1v) is 8.19. The molecule has 7 nitrogen and oxygen atoms in total. The van der Waals surface area contributed by atoms with Crippen LogP contribution in [0.5, 0.6) is 0 Å². The van der Waals surface area contributed by atoms with Crippen LogP contribution in [0.3, 0.4) is 0 Å². The largest absolute Gasteiger partial charge is 0.471 e. The van der Waals surface area contributed by atoms with Gasteiger partial charge in [0, 0.05) is 24.7 Å². The number of hydrogen-bond acceptors (Lipinski definition) is 4. The van der Waals surface area contributed by atoms with Crippen LogP contribution in [0.15, 0.2) is 18.2 Å². The second-order valence-corrected chi connectivity index (χ2v) is 6.20. The van der Waals surface area contributed by atoms with Gasteiger partial charge in [-0.3, -0.25) is 24.1 Å². The minimum Gasteiger partial charge on any atom is -0.352 e. The Morgan fingerprint density at radius 2 is 1.63 bits per heavy atom. The number of halogens is 3. The number of nitrogens with one attached hydrogen (secondary N) is 2. The topological polar surface area (TPSA) is 95.6 Å². The predicted octanol–water partition coefficient (Wildman–Crippen LogP) is 1.49. The highest BCUT2D eigenvalue weighted by Crippen LogP contribution is 2.25. The number of alkyl halides is 3. The van der Waals surface area contributed by atoms with Gasteiger partial charge in [0.2, 0.25) is 0 Å². The third-order valence-electron chi connectivity index (χ3n) is 3.88. The average molecular weight is 385 g/mol. The summed E-state index contributed by atoms with van der Waals surface area (Å²) in [5, 5.41) is 4.17. The molecule has 0 radical (unpaired) electrons. The molecule has 27 heavy (non-hydrogen) atoms. The van der Waals surface area contributed by atoms with Crippen molar-refractivity contribution in [1.29, 1.82) is 0 Å². The van der Waals surface area contributed by atoms with E-state index in [0.29, 0.717) is 0 Å². The molecule has 0 aromatic heterocycles. The molecule has 0 atom stereocenters. The van der Waals surface area contributed by atoms with Crippen molar-refractivity contribution in [2.75, 3.05) is 13.1 Å². The Morgan fingerprint density at radius 1 is 1.04 bits per heavy atom. The van der Waals surface area contributed by atoms with Crippen molar-refractivity contribution < 1.29 is 32.3 Å². The van der Waals surface area contributed by atoms with Crippen molar-refractivity contribution in [3.8, 4) is 0 Å². The molecule has 4 amide bonds. The minimum absolute atomic E-state index is 0.0268. The maximum Gasteiger partial charge on any atom is 0.471 e. The van der Waals surface area contributed by atoms with Crippen LogP contribution in [0.1, 0.15) is 51.3 Å². The lowest BCUT2D eigenvalue weighted by Crippen LogP contribution is -2.38. The van der Waals surface area contributed by atoms with E-state index >= 15 is 0 Å². The summed E-state index contributed by atoms with van der Waals surface area (Å²) >= 11 is 0. The van der Waals surface area contributed by atoms with Crippen molar-refractivity contribution in [3.63, 3.8) is 0 Å². The first-order valence-electron chi connectivity index (χ1n) is 8.19. The highest BCUT2D eigenvalue weighted by atomic mass is 19.4. The number of fused-ring (bicyclic) bond motifs is 1. The molecule has 1 aliphatic heterocycles. The van der Waals surface area contributed by atoms with Crippen molar-refractivity contribution in [2.24, 2.45) is 0 Å². The van der Waals surface area contributed by atoms with Crippen molar-refractivity contribution >= 4 is 23.6 Å². The van der Waals surface area contributed by atoms with Crippen molar-refractivity contribution in [1.82, 2.24) is 15.5 Å². The fraction of sp³-hybridized carbons (Fsp3) is 0.412. The first-order chi connectivity index (χ1) is 12.5. The number of hydrogen-bond donors (Lipinski definition) is 2. The normalized spacial score (nSPS) is 13.8. The number of rotatable bonds is 6. The first kappa shape index (κ1) is 20.4. The van der Waals surface area contributed by atoms with Gasteiger partial charge in [-0.15, -0.1) is 0 Å². The average Bonchev–Trinajstić information content (AvgIpc) is 2.83. The van der Waals surface area contributed by atoms with Gasteiger partial charge in [-0.2, -0.15) is 13.2 Å². The number of carbonyl (C=O) groups excluding carboxylic acids is 4. The van der Waals surface area contributed by atoms with E-state index in [1.54, 1.807) is 19.2 Å². The van der Waals surface area contributed by atoms with Crippen molar-refractivity contribution in [3.05, 3.63) is 34.9 Å². The fourth-order valence-corrected chi connectivity index (χ4v) is 2.56. The van der Waals surface area contributed by atoms with Crippen LogP contribution in [0.25, 0.3) is 0 Å². The molecule has 0 bridgehead atoms. The van der Waals surface area contributed by atoms with Gasteiger partial charge < -0.3 is 10.6 Å². The molecule has 146 valence electrons. The molecule has 2 N–H and O–H groups in total. The van der Waals surface area contributed by atoms with Crippen molar-refractivity contribution in [2.45, 2.75) is 32.5 Å². The summed E-state index contributed by atoms with van der Waals surface area (Å²) in [5.74, 6) is -3.47. The van der Waals surface area contributed by atoms with E-state index in [4.69, 9.17) is 0 Å². The maximum absolute atomic E-state index is 12.3. The van der Waals surface area contributed by atoms with Gasteiger partial charge in [0.05, 0.1) is 11.1 Å². The molecule has 0 spiro atoms. The molecular formula is C17H18F3N3O4. The zero-order valence-corrected chi connectivity index (χ0v) is 14.6. The second-order valence-electron chi connectivity index (χ2n) is 6.20. The molecule has 0 saturated carbocycles. The summed E-state index contributed by atoms with van der Waals surface area (Å²) in [5.41, 5.74) is 0.513. The van der Waals surface area contributed by atoms with E-state index in [2.05, 4.69) is 5.32 Å². The zero-order valence-electron chi connectivity index (χ0n) is 14.6. The van der Waals surface area contributed by atoms with Crippen LogP contribution in [0.2, 0.25) is 0 Å². The molecule has 0 unspecified atom stereocenters. The molecule has 1 heterocycles. The Hall–Kier alpha value is -2.91. The number of nitrogens with zero attached hydrogens (tertiary/aromatic N) is 1. The fourth-order valence-electron chi connectivity index (χ4n) is 2.56. The van der Waals surface area contributed by atoms with Gasteiger partial charge in [0.15, 0.2) is 0 Å². The SMILES string of the molecule is CC(C)N1C(=O)c2ccc(C(=O)NCCCNC(=O)C(F)(F)F)cc2C1=O. The molecule has 1 aromatic carbocycles. The number of carbonyl (C=O) groups is 4. The monoisotopic (exact) mass is 385 g/mol. The van der Waals surface area contributed by atoms with E-state index in [1.165, 1.54) is 18.2 Å². The Morgan fingerprint density at radius 3 is 2.22 bits per heavy atom. The van der Waals surface area contributed by atoms with Crippen LogP contribution in [-0.4, -0.2) is 53.8 Å². The molecule has 0 aliphatic carbocycles. The van der Waals surface area contributed by atoms with Gasteiger partial charge >= 0.3 is 12.1 Å². The zero-order chi connectivity index (χ0) is 20.4. The summed E-state index contributed by atoms with van der Waals surface area (Å²) in [4.78, 5) is 48.4. The van der Waals surface area contributed by atoms with Crippen LogP contribution >= 0.6 is 0 Å². The minimum atomic E-state index is -4.94. The third kappa shape index (κ3) is 4.44. The maximum atomic E-state index is 12.3. The lowest BCUT2D eigenvalue weighted by atomic mass is 10.1. The smallest absolute Gasteiger partial charge is 0.352 e. The van der Waals surface area contributed by atoms with E-state index in [0.717, 1.165) is 4.90 Å². The van der Waals surface area contributed by atoms with Gasteiger partial charge in [-0.1, -0.05) is 0 Å². The Labute approximate surface area is 152 Å². The molecule has 1 aliphatic rings. The number of imide groups is 1. The summed E-state index contributed by atoms with van der Waals surface area (Å²) < 4.78 is 36.1. The van der Waals surface area contributed by atoms with E-state index < -0.39 is 29.8 Å². The number of amides is 4. The van der Waals surface area contributed by atoms with E-state index in [9.17, 15) is 32.3 Å². The Bertz CT molecular complexity index is 790. The highest BCUT2D eigenvalue weighted by Gasteiger charge is 2.38. The Balaban J connectivity index is 1.91. The van der Waals surface area contributed by atoms with E-state index in [-0.39, 0.29) is 42.2 Å². The van der Waals surface area contributed by atoms with Gasteiger partial charge in [-0.05, 0) is 38.5 Å². The highest BCUT2D eigenvalue weighted by molar-refractivity contribution is 6.22. The molecule has 10 heteroatoms. The quantitative estimate of drug-likeness (QED) is 0.573. The van der Waals surface area contributed by atoms with Gasteiger partial charge in [0.1, 0.15) is 0 Å². The molecule has 2 rings (SSSR count). The second kappa shape index (κ2) is 7.77. The predicted molar refractivity (Wildman–Crippen MR) is 88.1 cm³/mol. The van der Waals surface area contributed by atoms with Crippen LogP contribution < -0.4 is 10.6 Å². The van der Waals surface area contributed by atoms with E-state index in [1.807, 2.05) is 0 Å². The lowest BCUT2D eigenvalue weighted by molar-refractivity contribution is -0.173. The molecule has 0 saturated heterocycles. The molecular weight excluding hydrogens is 367 g/mol. The van der Waals surface area contributed by atoms with Crippen LogP contribution in [0, 0.1) is 0 Å². The third-order valence-corrected chi connectivity index (χ3v) is 3.88. The molecule has 0 fully saturated rings. The van der Waals surface area contributed by atoms with Crippen LogP contribution in [0.4, 0.5) is 13.2 Å². The Kier molecular flexibility index (Phi) is 5.87. The summed E-state index contributed by atoms with van der Waals surface area (Å²) in [7, 11) is 0.